The van der Waals surface area contributed by atoms with Gasteiger partial charge in [-0.2, -0.15) is 0 Å². The molecule has 3 nitrogen and oxygen atoms in total. The van der Waals surface area contributed by atoms with Gasteiger partial charge in [0, 0.05) is 18.7 Å². The highest BCUT2D eigenvalue weighted by atomic mass is 16.5. The predicted octanol–water partition coefficient (Wildman–Crippen LogP) is 8.65. The van der Waals surface area contributed by atoms with E-state index < -0.39 is 0 Å². The molecule has 3 aromatic carbocycles. The molecule has 2 aliphatic heterocycles. The van der Waals surface area contributed by atoms with Crippen LogP contribution < -0.4 is 4.74 Å². The minimum atomic E-state index is 0.826. The van der Waals surface area contributed by atoms with E-state index in [4.69, 9.17) is 9.73 Å². The summed E-state index contributed by atoms with van der Waals surface area (Å²) < 4.78 is 4.97. The summed E-state index contributed by atoms with van der Waals surface area (Å²) in [5, 5.41) is 0. The van der Waals surface area contributed by atoms with Gasteiger partial charge in [0.15, 0.2) is 0 Å². The summed E-state index contributed by atoms with van der Waals surface area (Å²) in [6.45, 7) is 12.7. The van der Waals surface area contributed by atoms with Crippen LogP contribution in [-0.4, -0.2) is 30.7 Å². The molecule has 5 rings (SSSR count). The highest BCUT2D eigenvalue weighted by molar-refractivity contribution is 6.04. The third kappa shape index (κ3) is 10.1. The van der Waals surface area contributed by atoms with E-state index in [1.807, 2.05) is 30.3 Å². The monoisotopic (exact) mass is 508 g/mol. The fraction of sp³-hybridized carbons (Fsp3) is 0.343. The molecule has 38 heavy (non-hydrogen) atoms. The van der Waals surface area contributed by atoms with Gasteiger partial charge < -0.3 is 9.64 Å². The standard InChI is InChI=1S/C21H23N.C8H8O.C6H13N/c1-16-8-6-9-18(14-16)10-7-13-20-17(2)15-21(22-20)19-11-4-3-5-12-19;1-2-9-8-6-4-3-5-7-8;1-6-3-4-7(2)5-6/h3-6,8-9,11-12,14H,7,10,13,15H2,1-2H3;2-7H,1H2;6H,3-5H2,1-2H3. The summed E-state index contributed by atoms with van der Waals surface area (Å²) in [5.74, 6) is 1.78. The Labute approximate surface area is 230 Å². The van der Waals surface area contributed by atoms with E-state index in [2.05, 4.69) is 93.9 Å². The van der Waals surface area contributed by atoms with Crippen molar-refractivity contribution in [1.29, 1.82) is 0 Å². The Hall–Kier alpha value is -3.43. The van der Waals surface area contributed by atoms with Crippen LogP contribution in [0.2, 0.25) is 0 Å². The van der Waals surface area contributed by atoms with Crippen molar-refractivity contribution < 1.29 is 4.74 Å². The van der Waals surface area contributed by atoms with Crippen LogP contribution in [0.25, 0.3) is 0 Å². The molecule has 0 bridgehead atoms. The van der Waals surface area contributed by atoms with Crippen molar-refractivity contribution in [2.24, 2.45) is 10.9 Å². The molecule has 1 saturated heterocycles. The zero-order chi connectivity index (χ0) is 27.2. The van der Waals surface area contributed by atoms with Crippen molar-refractivity contribution in [3.63, 3.8) is 0 Å². The molecule has 0 saturated carbocycles. The number of hydrogen-bond acceptors (Lipinski definition) is 3. The zero-order valence-corrected chi connectivity index (χ0v) is 23.7. The summed E-state index contributed by atoms with van der Waals surface area (Å²) in [6, 6.07) is 28.9. The first-order valence-electron chi connectivity index (χ1n) is 13.8. The number of para-hydroxylation sites is 1. The lowest BCUT2D eigenvalue weighted by atomic mass is 10.0. The maximum atomic E-state index is 4.97. The number of aryl methyl sites for hydroxylation is 2. The first-order valence-corrected chi connectivity index (χ1v) is 13.8. The fourth-order valence-electron chi connectivity index (χ4n) is 4.80. The van der Waals surface area contributed by atoms with Crippen LogP contribution in [0.1, 0.15) is 56.2 Å². The van der Waals surface area contributed by atoms with Gasteiger partial charge in [0.1, 0.15) is 5.75 Å². The van der Waals surface area contributed by atoms with E-state index in [9.17, 15) is 0 Å². The third-order valence-electron chi connectivity index (χ3n) is 6.85. The molecule has 0 aromatic heterocycles. The topological polar surface area (TPSA) is 24.8 Å². The lowest BCUT2D eigenvalue weighted by molar-refractivity contribution is 0.402. The van der Waals surface area contributed by atoms with E-state index in [0.29, 0.717) is 0 Å². The second kappa shape index (κ2) is 15.7. The van der Waals surface area contributed by atoms with Crippen LogP contribution in [0, 0.1) is 12.8 Å². The van der Waals surface area contributed by atoms with Crippen LogP contribution in [0.15, 0.2) is 114 Å². The highest BCUT2D eigenvalue weighted by Gasteiger charge is 2.15. The lowest BCUT2D eigenvalue weighted by Crippen LogP contribution is -2.12. The van der Waals surface area contributed by atoms with Gasteiger partial charge in [-0.25, -0.2) is 0 Å². The molecule has 0 aliphatic carbocycles. The Morgan fingerprint density at radius 3 is 2.24 bits per heavy atom. The van der Waals surface area contributed by atoms with Crippen LogP contribution in [0.3, 0.4) is 0 Å². The summed E-state index contributed by atoms with van der Waals surface area (Å²) in [5.41, 5.74) is 8.00. The number of rotatable bonds is 7. The normalized spacial score (nSPS) is 16.6. The van der Waals surface area contributed by atoms with Gasteiger partial charge in [-0.15, -0.1) is 0 Å². The van der Waals surface area contributed by atoms with Gasteiger partial charge in [0.2, 0.25) is 0 Å². The van der Waals surface area contributed by atoms with Gasteiger partial charge in [-0.3, -0.25) is 4.99 Å². The second-order valence-electron chi connectivity index (χ2n) is 10.4. The maximum absolute atomic E-state index is 4.97. The van der Waals surface area contributed by atoms with Crippen LogP contribution in [0.4, 0.5) is 0 Å². The summed E-state index contributed by atoms with van der Waals surface area (Å²) in [4.78, 5) is 7.26. The molecule has 0 spiro atoms. The van der Waals surface area contributed by atoms with Crippen LogP contribution >= 0.6 is 0 Å². The Morgan fingerprint density at radius 1 is 0.947 bits per heavy atom. The number of allylic oxidation sites excluding steroid dienone is 2. The van der Waals surface area contributed by atoms with Crippen LogP contribution in [0.5, 0.6) is 5.75 Å². The van der Waals surface area contributed by atoms with E-state index in [0.717, 1.165) is 30.9 Å². The van der Waals surface area contributed by atoms with E-state index in [1.165, 1.54) is 65.9 Å². The first kappa shape index (κ1) is 29.1. The van der Waals surface area contributed by atoms with Crippen molar-refractivity contribution in [3.05, 3.63) is 126 Å². The number of ether oxygens (including phenoxy) is 1. The quantitative estimate of drug-likeness (QED) is 0.298. The van der Waals surface area contributed by atoms with Gasteiger partial charge >= 0.3 is 0 Å². The Bertz CT molecular complexity index is 1170. The number of benzene rings is 3. The number of likely N-dealkylation sites (tertiary alicyclic amines) is 1. The van der Waals surface area contributed by atoms with Crippen molar-refractivity contribution in [2.75, 3.05) is 20.1 Å². The van der Waals surface area contributed by atoms with Crippen molar-refractivity contribution >= 4 is 5.71 Å². The SMILES string of the molecule is C=COc1ccccc1.CC1=C(CCCc2cccc(C)c2)N=C(c2ccccc2)C1.CC1CCN(C)C1. The van der Waals surface area contributed by atoms with Gasteiger partial charge in [0.25, 0.3) is 0 Å². The summed E-state index contributed by atoms with van der Waals surface area (Å²) in [7, 11) is 2.18. The molecule has 1 unspecified atom stereocenters. The second-order valence-corrected chi connectivity index (χ2v) is 10.4. The molecular formula is C35H44N2O. The average Bonchev–Trinajstić information content (AvgIpc) is 3.50. The molecule has 2 heterocycles. The molecule has 1 atom stereocenters. The molecule has 3 aromatic rings. The van der Waals surface area contributed by atoms with Crippen LogP contribution in [-0.2, 0) is 6.42 Å². The van der Waals surface area contributed by atoms with Gasteiger partial charge in [-0.1, -0.05) is 91.9 Å². The Kier molecular flexibility index (Phi) is 12.1. The van der Waals surface area contributed by atoms with Crippen molar-refractivity contribution in [3.8, 4) is 5.75 Å². The third-order valence-corrected chi connectivity index (χ3v) is 6.85. The van der Waals surface area contributed by atoms with Crippen molar-refractivity contribution in [1.82, 2.24) is 4.90 Å². The first-order chi connectivity index (χ1) is 18.4. The summed E-state index contributed by atoms with van der Waals surface area (Å²) in [6.07, 6.45) is 7.20. The smallest absolute Gasteiger partial charge is 0.126 e. The summed E-state index contributed by atoms with van der Waals surface area (Å²) >= 11 is 0. The zero-order valence-electron chi connectivity index (χ0n) is 23.7. The fourth-order valence-corrected chi connectivity index (χ4v) is 4.80. The maximum Gasteiger partial charge on any atom is 0.126 e. The van der Waals surface area contributed by atoms with E-state index in [-0.39, 0.29) is 0 Å². The minimum Gasteiger partial charge on any atom is -0.466 e. The molecule has 0 radical (unpaired) electrons. The molecule has 2 aliphatic rings. The van der Waals surface area contributed by atoms with Gasteiger partial charge in [-0.05, 0) is 87.9 Å². The molecular weight excluding hydrogens is 464 g/mol. The number of hydrogen-bond donors (Lipinski definition) is 0. The van der Waals surface area contributed by atoms with E-state index >= 15 is 0 Å². The number of aliphatic imine (C=N–C) groups is 1. The average molecular weight is 509 g/mol. The van der Waals surface area contributed by atoms with E-state index in [1.54, 1.807) is 0 Å². The predicted molar refractivity (Wildman–Crippen MR) is 163 cm³/mol. The molecule has 3 heteroatoms. The van der Waals surface area contributed by atoms with Crippen molar-refractivity contribution in [2.45, 2.75) is 52.9 Å². The minimum absolute atomic E-state index is 0.826. The molecule has 0 amide bonds. The molecule has 0 N–H and O–H groups in total. The Balaban J connectivity index is 0.000000204. The molecule has 200 valence electrons. The molecule has 1 fully saturated rings. The van der Waals surface area contributed by atoms with Gasteiger partial charge in [0.05, 0.1) is 12.0 Å². The highest BCUT2D eigenvalue weighted by Crippen LogP contribution is 2.26. The number of nitrogens with zero attached hydrogens (tertiary/aromatic N) is 2. The largest absolute Gasteiger partial charge is 0.466 e. The Morgan fingerprint density at radius 2 is 1.66 bits per heavy atom. The lowest BCUT2D eigenvalue weighted by Gasteiger charge is -2.03.